The van der Waals surface area contributed by atoms with Crippen LogP contribution in [0.15, 0.2) is 35.1 Å². The van der Waals surface area contributed by atoms with E-state index in [0.29, 0.717) is 43.6 Å². The summed E-state index contributed by atoms with van der Waals surface area (Å²) in [6.07, 6.45) is 2.55. The monoisotopic (exact) mass is 468 g/mol. The molecule has 0 radical (unpaired) electrons. The summed E-state index contributed by atoms with van der Waals surface area (Å²) in [6.45, 7) is 2.57. The number of halogens is 2. The zero-order valence-electron chi connectivity index (χ0n) is 17.9. The molecule has 0 saturated carbocycles. The zero-order valence-corrected chi connectivity index (χ0v) is 18.7. The summed E-state index contributed by atoms with van der Waals surface area (Å²) in [5.41, 5.74) is 0.246. The highest BCUT2D eigenvalue weighted by Gasteiger charge is 2.29. The van der Waals surface area contributed by atoms with E-state index in [9.17, 15) is 26.8 Å². The third kappa shape index (κ3) is 5.77. The molecule has 0 bridgehead atoms. The van der Waals surface area contributed by atoms with E-state index in [1.54, 1.807) is 0 Å². The highest BCUT2D eigenvalue weighted by molar-refractivity contribution is 7.88. The molecule has 11 heteroatoms. The molecule has 32 heavy (non-hydrogen) atoms. The lowest BCUT2D eigenvalue weighted by atomic mass is 9.96. The predicted octanol–water partition coefficient (Wildman–Crippen LogP) is 1.75. The van der Waals surface area contributed by atoms with Crippen LogP contribution in [0.2, 0.25) is 0 Å². The van der Waals surface area contributed by atoms with Gasteiger partial charge in [-0.15, -0.1) is 0 Å². The Balaban J connectivity index is 1.68. The van der Waals surface area contributed by atoms with Crippen molar-refractivity contribution < 1.29 is 22.0 Å². The molecule has 1 aliphatic rings. The summed E-state index contributed by atoms with van der Waals surface area (Å²) in [7, 11) is -3.27. The topological polar surface area (TPSA) is 101 Å². The van der Waals surface area contributed by atoms with Gasteiger partial charge < -0.3 is 5.32 Å². The lowest BCUT2D eigenvalue weighted by Crippen LogP contribution is -2.46. The van der Waals surface area contributed by atoms with Gasteiger partial charge in [0.25, 0.3) is 5.56 Å². The second kappa shape index (κ2) is 9.86. The predicted molar refractivity (Wildman–Crippen MR) is 115 cm³/mol. The van der Waals surface area contributed by atoms with E-state index in [1.165, 1.54) is 27.2 Å². The number of hydrogen-bond acceptors (Lipinski definition) is 5. The first-order valence-electron chi connectivity index (χ1n) is 10.4. The third-order valence-electron chi connectivity index (χ3n) is 5.61. The summed E-state index contributed by atoms with van der Waals surface area (Å²) >= 11 is 0. The molecule has 2 aromatic rings. The van der Waals surface area contributed by atoms with E-state index in [0.717, 1.165) is 18.4 Å². The summed E-state index contributed by atoms with van der Waals surface area (Å²) in [5, 5.41) is 7.17. The number of nitrogens with zero attached hydrogens (tertiary/aromatic N) is 3. The lowest BCUT2D eigenvalue weighted by Gasteiger charge is -2.30. The van der Waals surface area contributed by atoms with Crippen LogP contribution in [0.4, 0.5) is 8.78 Å². The molecule has 2 heterocycles. The molecule has 1 aliphatic heterocycles. The highest BCUT2D eigenvalue weighted by Crippen LogP contribution is 2.20. The van der Waals surface area contributed by atoms with Crippen molar-refractivity contribution in [3.8, 4) is 11.3 Å². The van der Waals surface area contributed by atoms with Gasteiger partial charge in [-0.05, 0) is 43.5 Å². The first kappa shape index (κ1) is 24.0. The number of carbonyl (C=O) groups is 1. The molecular formula is C21H26F2N4O4S. The Kier molecular flexibility index (Phi) is 7.40. The zero-order chi connectivity index (χ0) is 23.5. The molecular weight excluding hydrogens is 442 g/mol. The van der Waals surface area contributed by atoms with Crippen LogP contribution in [0.25, 0.3) is 11.3 Å². The molecule has 1 aromatic heterocycles. The van der Waals surface area contributed by atoms with E-state index < -0.39 is 21.7 Å². The summed E-state index contributed by atoms with van der Waals surface area (Å²) in [4.78, 5) is 25.0. The SMILES string of the molecule is CC[C@H](Cn1nc(-c2ccc(F)c(F)c2)ccc1=O)NC(=O)C1CCN(S(C)(=O)=O)CC1. The Hall–Kier alpha value is -2.66. The lowest BCUT2D eigenvalue weighted by molar-refractivity contribution is -0.127. The maximum absolute atomic E-state index is 13.6. The second-order valence-electron chi connectivity index (χ2n) is 7.92. The van der Waals surface area contributed by atoms with Crippen LogP contribution in [0.1, 0.15) is 26.2 Å². The molecule has 1 amide bonds. The number of carbonyl (C=O) groups excluding carboxylic acids is 1. The Morgan fingerprint density at radius 3 is 2.47 bits per heavy atom. The Morgan fingerprint density at radius 2 is 1.88 bits per heavy atom. The van der Waals surface area contributed by atoms with Gasteiger partial charge in [0.15, 0.2) is 11.6 Å². The molecule has 1 N–H and O–H groups in total. The van der Waals surface area contributed by atoms with Crippen molar-refractivity contribution in [1.29, 1.82) is 0 Å². The van der Waals surface area contributed by atoms with Crippen molar-refractivity contribution >= 4 is 15.9 Å². The van der Waals surface area contributed by atoms with Crippen molar-refractivity contribution in [2.24, 2.45) is 5.92 Å². The number of rotatable bonds is 7. The second-order valence-corrected chi connectivity index (χ2v) is 9.90. The van der Waals surface area contributed by atoms with Crippen LogP contribution in [-0.4, -0.2) is 53.8 Å². The fraction of sp³-hybridized carbons (Fsp3) is 0.476. The van der Waals surface area contributed by atoms with Crippen molar-refractivity contribution in [3.63, 3.8) is 0 Å². The Labute approximate surface area is 185 Å². The standard InChI is InChI=1S/C21H26F2N4O4S/c1-3-16(24-21(29)14-8-10-26(11-9-14)32(2,30)31)13-27-20(28)7-6-19(25-27)15-4-5-17(22)18(23)12-15/h4-7,12,14,16H,3,8-11,13H2,1-2H3,(H,24,29)/t16-/m1/s1. The van der Waals surface area contributed by atoms with Crippen LogP contribution in [0.3, 0.4) is 0 Å². The molecule has 0 unspecified atom stereocenters. The van der Waals surface area contributed by atoms with Gasteiger partial charge in [0.2, 0.25) is 15.9 Å². The summed E-state index contributed by atoms with van der Waals surface area (Å²) in [5.74, 6) is -2.48. The highest BCUT2D eigenvalue weighted by atomic mass is 32.2. The van der Waals surface area contributed by atoms with Gasteiger partial charge in [-0.1, -0.05) is 6.92 Å². The van der Waals surface area contributed by atoms with Gasteiger partial charge in [-0.3, -0.25) is 9.59 Å². The molecule has 0 spiro atoms. The molecule has 1 atom stereocenters. The number of benzene rings is 1. The number of amides is 1. The number of piperidine rings is 1. The van der Waals surface area contributed by atoms with Gasteiger partial charge in [-0.25, -0.2) is 26.2 Å². The van der Waals surface area contributed by atoms with Crippen LogP contribution in [0.5, 0.6) is 0 Å². The quantitative estimate of drug-likeness (QED) is 0.667. The molecule has 1 saturated heterocycles. The number of nitrogens with one attached hydrogen (secondary N) is 1. The molecule has 174 valence electrons. The minimum atomic E-state index is -3.27. The average Bonchev–Trinajstić information content (AvgIpc) is 2.76. The fourth-order valence-electron chi connectivity index (χ4n) is 3.64. The molecule has 3 rings (SSSR count). The minimum absolute atomic E-state index is 0.112. The van der Waals surface area contributed by atoms with E-state index in [2.05, 4.69) is 10.4 Å². The van der Waals surface area contributed by atoms with Gasteiger partial charge >= 0.3 is 0 Å². The van der Waals surface area contributed by atoms with Gasteiger partial charge in [-0.2, -0.15) is 5.10 Å². The molecule has 0 aliphatic carbocycles. The summed E-state index contributed by atoms with van der Waals surface area (Å²) in [6, 6.07) is 5.72. The average molecular weight is 469 g/mol. The van der Waals surface area contributed by atoms with E-state index in [1.807, 2.05) is 6.92 Å². The van der Waals surface area contributed by atoms with E-state index >= 15 is 0 Å². The number of hydrogen-bond donors (Lipinski definition) is 1. The van der Waals surface area contributed by atoms with Gasteiger partial charge in [0, 0.05) is 36.7 Å². The van der Waals surface area contributed by atoms with Crippen LogP contribution >= 0.6 is 0 Å². The number of sulfonamides is 1. The maximum atomic E-state index is 13.6. The first-order valence-corrected chi connectivity index (χ1v) is 12.2. The Bertz CT molecular complexity index is 1140. The van der Waals surface area contributed by atoms with Crippen molar-refractivity contribution in [2.45, 2.75) is 38.8 Å². The van der Waals surface area contributed by atoms with Gasteiger partial charge in [0.1, 0.15) is 0 Å². The molecule has 1 fully saturated rings. The van der Waals surface area contributed by atoms with Gasteiger partial charge in [0.05, 0.1) is 18.5 Å². The van der Waals surface area contributed by atoms with Crippen LogP contribution in [-0.2, 0) is 21.4 Å². The number of aromatic nitrogens is 2. The Morgan fingerprint density at radius 1 is 1.19 bits per heavy atom. The smallest absolute Gasteiger partial charge is 0.266 e. The third-order valence-corrected chi connectivity index (χ3v) is 6.91. The van der Waals surface area contributed by atoms with Crippen LogP contribution in [0, 0.1) is 17.6 Å². The largest absolute Gasteiger partial charge is 0.351 e. The summed E-state index contributed by atoms with van der Waals surface area (Å²) < 4.78 is 52.6. The molecule has 1 aromatic carbocycles. The van der Waals surface area contributed by atoms with E-state index in [-0.39, 0.29) is 30.0 Å². The van der Waals surface area contributed by atoms with Crippen LogP contribution < -0.4 is 10.9 Å². The first-order chi connectivity index (χ1) is 15.1. The normalized spacial score (nSPS) is 16.6. The van der Waals surface area contributed by atoms with Crippen molar-refractivity contribution in [3.05, 3.63) is 52.3 Å². The fourth-order valence-corrected chi connectivity index (χ4v) is 4.52. The molecule has 8 nitrogen and oxygen atoms in total. The maximum Gasteiger partial charge on any atom is 0.266 e. The van der Waals surface area contributed by atoms with Crippen molar-refractivity contribution in [2.75, 3.05) is 19.3 Å². The minimum Gasteiger partial charge on any atom is -0.351 e. The van der Waals surface area contributed by atoms with E-state index in [4.69, 9.17) is 0 Å². The van der Waals surface area contributed by atoms with Crippen molar-refractivity contribution in [1.82, 2.24) is 19.4 Å².